The minimum absolute atomic E-state index is 0.286. The molecule has 1 atom stereocenters. The Hall–Kier alpha value is -1.66. The van der Waals surface area contributed by atoms with Crippen LogP contribution in [0.15, 0.2) is 18.3 Å². The molecule has 0 spiro atoms. The molecule has 0 bridgehead atoms. The maximum atomic E-state index is 5.74. The number of rotatable bonds is 5. The molecule has 0 amide bonds. The molecule has 2 aromatic heterocycles. The van der Waals surface area contributed by atoms with Gasteiger partial charge in [-0.1, -0.05) is 0 Å². The SMILES string of the molecule is COCc1cc(NCC2CCCCO2)n2nccc2n1. The molecule has 2 aromatic rings. The number of nitrogens with one attached hydrogen (secondary N) is 1. The largest absolute Gasteiger partial charge is 0.378 e. The van der Waals surface area contributed by atoms with Crippen molar-refractivity contribution in [3.05, 3.63) is 24.0 Å². The van der Waals surface area contributed by atoms with Crippen molar-refractivity contribution in [2.24, 2.45) is 0 Å². The fraction of sp³-hybridized carbons (Fsp3) is 0.571. The zero-order valence-corrected chi connectivity index (χ0v) is 11.7. The summed E-state index contributed by atoms with van der Waals surface area (Å²) < 4.78 is 12.7. The fourth-order valence-corrected chi connectivity index (χ4v) is 2.50. The zero-order chi connectivity index (χ0) is 13.8. The molecule has 1 saturated heterocycles. The van der Waals surface area contributed by atoms with Crippen molar-refractivity contribution in [1.82, 2.24) is 14.6 Å². The van der Waals surface area contributed by atoms with Crippen LogP contribution in [-0.2, 0) is 16.1 Å². The maximum absolute atomic E-state index is 5.74. The van der Waals surface area contributed by atoms with Gasteiger partial charge in [0.2, 0.25) is 0 Å². The van der Waals surface area contributed by atoms with Crippen LogP contribution in [0.25, 0.3) is 5.65 Å². The zero-order valence-electron chi connectivity index (χ0n) is 11.7. The summed E-state index contributed by atoms with van der Waals surface area (Å²) in [5, 5.41) is 7.72. The Balaban J connectivity index is 1.76. The Kier molecular flexibility index (Phi) is 4.13. The summed E-state index contributed by atoms with van der Waals surface area (Å²) in [7, 11) is 1.67. The van der Waals surface area contributed by atoms with E-state index in [1.165, 1.54) is 12.8 Å². The van der Waals surface area contributed by atoms with Gasteiger partial charge in [0.05, 0.1) is 24.6 Å². The van der Waals surface area contributed by atoms with E-state index >= 15 is 0 Å². The molecule has 0 radical (unpaired) electrons. The summed E-state index contributed by atoms with van der Waals surface area (Å²) in [6.45, 7) is 2.16. The van der Waals surface area contributed by atoms with E-state index in [1.54, 1.807) is 13.3 Å². The standard InChI is InChI=1S/C14H20N4O2/c1-19-10-11-8-14(18-13(17-11)5-6-16-18)15-9-12-4-2-3-7-20-12/h5-6,8,12,15H,2-4,7,9-10H2,1H3. The van der Waals surface area contributed by atoms with Gasteiger partial charge in [-0.15, -0.1) is 0 Å². The third kappa shape index (κ3) is 2.91. The van der Waals surface area contributed by atoms with Crippen molar-refractivity contribution in [2.75, 3.05) is 25.6 Å². The van der Waals surface area contributed by atoms with Gasteiger partial charge < -0.3 is 14.8 Å². The van der Waals surface area contributed by atoms with E-state index in [0.29, 0.717) is 6.61 Å². The van der Waals surface area contributed by atoms with Crippen LogP contribution in [-0.4, -0.2) is 41.0 Å². The molecule has 20 heavy (non-hydrogen) atoms. The van der Waals surface area contributed by atoms with Crippen molar-refractivity contribution in [2.45, 2.75) is 32.0 Å². The Labute approximate surface area is 118 Å². The number of hydrogen-bond donors (Lipinski definition) is 1. The lowest BCUT2D eigenvalue weighted by atomic mass is 10.1. The Morgan fingerprint density at radius 3 is 3.25 bits per heavy atom. The molecule has 0 aliphatic carbocycles. The van der Waals surface area contributed by atoms with Gasteiger partial charge in [-0.3, -0.25) is 0 Å². The lowest BCUT2D eigenvalue weighted by Gasteiger charge is -2.23. The molecular weight excluding hydrogens is 256 g/mol. The maximum Gasteiger partial charge on any atom is 0.157 e. The van der Waals surface area contributed by atoms with Crippen LogP contribution < -0.4 is 5.32 Å². The number of methoxy groups -OCH3 is 1. The van der Waals surface area contributed by atoms with Crippen molar-refractivity contribution < 1.29 is 9.47 Å². The van der Waals surface area contributed by atoms with E-state index in [2.05, 4.69) is 15.4 Å². The highest BCUT2D eigenvalue weighted by atomic mass is 16.5. The van der Waals surface area contributed by atoms with Gasteiger partial charge >= 0.3 is 0 Å². The van der Waals surface area contributed by atoms with E-state index in [1.807, 2.05) is 16.6 Å². The highest BCUT2D eigenvalue weighted by Crippen LogP contribution is 2.16. The van der Waals surface area contributed by atoms with Crippen molar-refractivity contribution >= 4 is 11.5 Å². The molecule has 1 fully saturated rings. The van der Waals surface area contributed by atoms with Gasteiger partial charge in [-0.25, -0.2) is 4.98 Å². The highest BCUT2D eigenvalue weighted by Gasteiger charge is 2.14. The smallest absolute Gasteiger partial charge is 0.157 e. The van der Waals surface area contributed by atoms with Crippen LogP contribution in [0.1, 0.15) is 25.0 Å². The first-order valence-corrected chi connectivity index (χ1v) is 7.05. The lowest BCUT2D eigenvalue weighted by molar-refractivity contribution is 0.0247. The first kappa shape index (κ1) is 13.3. The molecule has 1 aliphatic rings. The molecule has 6 nitrogen and oxygen atoms in total. The molecule has 3 heterocycles. The molecule has 6 heteroatoms. The lowest BCUT2D eigenvalue weighted by Crippen LogP contribution is -2.27. The monoisotopic (exact) mass is 276 g/mol. The van der Waals surface area contributed by atoms with Gasteiger partial charge in [0, 0.05) is 32.4 Å². The highest BCUT2D eigenvalue weighted by molar-refractivity contribution is 5.49. The van der Waals surface area contributed by atoms with Crippen LogP contribution in [0.3, 0.4) is 0 Å². The van der Waals surface area contributed by atoms with E-state index in [4.69, 9.17) is 9.47 Å². The fourth-order valence-electron chi connectivity index (χ4n) is 2.50. The average Bonchev–Trinajstić information content (AvgIpc) is 2.95. The van der Waals surface area contributed by atoms with E-state index in [-0.39, 0.29) is 6.10 Å². The quantitative estimate of drug-likeness (QED) is 0.903. The van der Waals surface area contributed by atoms with E-state index in [0.717, 1.165) is 36.7 Å². The van der Waals surface area contributed by atoms with Crippen LogP contribution in [0.5, 0.6) is 0 Å². The summed E-state index contributed by atoms with van der Waals surface area (Å²) in [6, 6.07) is 3.87. The Morgan fingerprint density at radius 2 is 2.45 bits per heavy atom. The second kappa shape index (κ2) is 6.19. The predicted molar refractivity (Wildman–Crippen MR) is 75.8 cm³/mol. The third-order valence-electron chi connectivity index (χ3n) is 3.49. The second-order valence-corrected chi connectivity index (χ2v) is 5.04. The number of nitrogens with zero attached hydrogens (tertiary/aromatic N) is 3. The summed E-state index contributed by atoms with van der Waals surface area (Å²) in [4.78, 5) is 4.48. The molecule has 0 saturated carbocycles. The van der Waals surface area contributed by atoms with Gasteiger partial charge in [0.1, 0.15) is 5.82 Å². The van der Waals surface area contributed by atoms with E-state index in [9.17, 15) is 0 Å². The van der Waals surface area contributed by atoms with Gasteiger partial charge in [0.25, 0.3) is 0 Å². The van der Waals surface area contributed by atoms with Gasteiger partial charge in [0.15, 0.2) is 5.65 Å². The summed E-state index contributed by atoms with van der Waals surface area (Å²) >= 11 is 0. The minimum Gasteiger partial charge on any atom is -0.378 e. The molecule has 3 rings (SSSR count). The van der Waals surface area contributed by atoms with Crippen LogP contribution >= 0.6 is 0 Å². The number of aromatic nitrogens is 3. The van der Waals surface area contributed by atoms with E-state index < -0.39 is 0 Å². The summed E-state index contributed by atoms with van der Waals surface area (Å²) in [5.41, 5.74) is 1.72. The van der Waals surface area contributed by atoms with Gasteiger partial charge in [-0.05, 0) is 19.3 Å². The molecule has 1 unspecified atom stereocenters. The molecule has 0 aromatic carbocycles. The number of hydrogen-bond acceptors (Lipinski definition) is 5. The Morgan fingerprint density at radius 1 is 1.50 bits per heavy atom. The Bertz CT molecular complexity index is 563. The van der Waals surface area contributed by atoms with Crippen molar-refractivity contribution in [3.63, 3.8) is 0 Å². The molecule has 1 N–H and O–H groups in total. The number of anilines is 1. The molecule has 1 aliphatic heterocycles. The second-order valence-electron chi connectivity index (χ2n) is 5.04. The molecular formula is C14H20N4O2. The molecule has 108 valence electrons. The first-order chi connectivity index (χ1) is 9.86. The minimum atomic E-state index is 0.286. The summed E-state index contributed by atoms with van der Waals surface area (Å²) in [6.07, 6.45) is 5.57. The van der Waals surface area contributed by atoms with Gasteiger partial charge in [-0.2, -0.15) is 9.61 Å². The predicted octanol–water partition coefficient (Wildman–Crippen LogP) is 1.86. The van der Waals surface area contributed by atoms with Crippen LogP contribution in [0.4, 0.5) is 5.82 Å². The normalized spacial score (nSPS) is 19.4. The summed E-state index contributed by atoms with van der Waals surface area (Å²) in [5.74, 6) is 0.932. The topological polar surface area (TPSA) is 60.7 Å². The van der Waals surface area contributed by atoms with Crippen LogP contribution in [0.2, 0.25) is 0 Å². The van der Waals surface area contributed by atoms with Crippen molar-refractivity contribution in [1.29, 1.82) is 0 Å². The third-order valence-corrected chi connectivity index (χ3v) is 3.49. The number of ether oxygens (including phenoxy) is 2. The first-order valence-electron chi connectivity index (χ1n) is 7.05. The average molecular weight is 276 g/mol. The van der Waals surface area contributed by atoms with Crippen LogP contribution in [0, 0.1) is 0 Å². The number of fused-ring (bicyclic) bond motifs is 1. The van der Waals surface area contributed by atoms with Crippen molar-refractivity contribution in [3.8, 4) is 0 Å².